The Labute approximate surface area is 135 Å². The topological polar surface area (TPSA) is 75.3 Å². The Hall–Kier alpha value is -1.93. The van der Waals surface area contributed by atoms with E-state index in [9.17, 15) is 17.6 Å². The van der Waals surface area contributed by atoms with Crippen molar-refractivity contribution < 1.29 is 17.6 Å². The number of halogens is 2. The van der Waals surface area contributed by atoms with Crippen LogP contribution >= 0.6 is 15.9 Å². The van der Waals surface area contributed by atoms with Crippen LogP contribution in [0.1, 0.15) is 6.92 Å². The summed E-state index contributed by atoms with van der Waals surface area (Å²) < 4.78 is 41.1. The normalized spacial score (nSPS) is 11.0. The van der Waals surface area contributed by atoms with Crippen LogP contribution in [0.3, 0.4) is 0 Å². The van der Waals surface area contributed by atoms with Crippen LogP contribution in [0.2, 0.25) is 0 Å². The highest BCUT2D eigenvalue weighted by molar-refractivity contribution is 9.10. The van der Waals surface area contributed by atoms with E-state index in [-0.39, 0.29) is 16.5 Å². The van der Waals surface area contributed by atoms with Crippen molar-refractivity contribution in [2.45, 2.75) is 11.8 Å². The molecule has 22 heavy (non-hydrogen) atoms. The van der Waals surface area contributed by atoms with Gasteiger partial charge in [-0.15, -0.1) is 0 Å². The van der Waals surface area contributed by atoms with Gasteiger partial charge in [0.1, 0.15) is 5.82 Å². The number of benzene rings is 2. The van der Waals surface area contributed by atoms with Crippen molar-refractivity contribution in [3.63, 3.8) is 0 Å². The Balaban J connectivity index is 2.32. The summed E-state index contributed by atoms with van der Waals surface area (Å²) in [6.07, 6.45) is 0. The Kier molecular flexibility index (Phi) is 4.82. The molecule has 0 bridgehead atoms. The molecule has 0 saturated heterocycles. The molecule has 0 aromatic heterocycles. The molecule has 2 N–H and O–H groups in total. The first-order valence-electron chi connectivity index (χ1n) is 6.13. The van der Waals surface area contributed by atoms with E-state index < -0.39 is 15.8 Å². The lowest BCUT2D eigenvalue weighted by Gasteiger charge is -2.11. The molecule has 0 aliphatic heterocycles. The summed E-state index contributed by atoms with van der Waals surface area (Å²) in [4.78, 5) is 11.0. The summed E-state index contributed by atoms with van der Waals surface area (Å²) >= 11 is 3.21. The number of nitrogens with one attached hydrogen (secondary N) is 2. The average molecular weight is 387 g/mol. The first-order valence-corrected chi connectivity index (χ1v) is 8.41. The zero-order valence-corrected chi connectivity index (χ0v) is 13.8. The fourth-order valence-electron chi connectivity index (χ4n) is 1.70. The molecule has 8 heteroatoms. The van der Waals surface area contributed by atoms with E-state index in [2.05, 4.69) is 26.0 Å². The van der Waals surface area contributed by atoms with E-state index in [1.54, 1.807) is 12.1 Å². The van der Waals surface area contributed by atoms with Gasteiger partial charge in [-0.1, -0.05) is 15.9 Å². The van der Waals surface area contributed by atoms with E-state index in [0.717, 1.165) is 10.5 Å². The number of carbonyl (C=O) groups is 1. The first-order chi connectivity index (χ1) is 10.3. The molecular weight excluding hydrogens is 375 g/mol. The minimum absolute atomic E-state index is 0.0000279. The average Bonchev–Trinajstić information content (AvgIpc) is 2.42. The van der Waals surface area contributed by atoms with Crippen LogP contribution in [0.5, 0.6) is 0 Å². The number of carbonyl (C=O) groups excluding carboxylic acids is 1. The van der Waals surface area contributed by atoms with Gasteiger partial charge in [-0.05, 0) is 42.5 Å². The van der Waals surface area contributed by atoms with Crippen LogP contribution < -0.4 is 10.0 Å². The second kappa shape index (κ2) is 6.45. The van der Waals surface area contributed by atoms with Crippen LogP contribution in [0.4, 0.5) is 15.8 Å². The van der Waals surface area contributed by atoms with Crippen LogP contribution in [-0.2, 0) is 14.8 Å². The maximum Gasteiger partial charge on any atom is 0.261 e. The predicted octanol–water partition coefficient (Wildman–Crippen LogP) is 3.35. The SMILES string of the molecule is CC(=O)Nc1ccc(F)c(NS(=O)(=O)c2ccc(Br)cc2)c1. The van der Waals surface area contributed by atoms with Gasteiger partial charge in [0.15, 0.2) is 0 Å². The molecule has 0 atom stereocenters. The highest BCUT2D eigenvalue weighted by atomic mass is 79.9. The van der Waals surface area contributed by atoms with Crippen LogP contribution in [0.15, 0.2) is 51.8 Å². The van der Waals surface area contributed by atoms with Gasteiger partial charge < -0.3 is 5.32 Å². The van der Waals surface area contributed by atoms with Crippen LogP contribution in [-0.4, -0.2) is 14.3 Å². The summed E-state index contributed by atoms with van der Waals surface area (Å²) in [6, 6.07) is 9.55. The van der Waals surface area contributed by atoms with Gasteiger partial charge in [0.2, 0.25) is 5.91 Å². The number of anilines is 2. The molecule has 5 nitrogen and oxygen atoms in total. The molecule has 0 radical (unpaired) electrons. The van der Waals surface area contributed by atoms with Crippen LogP contribution in [0.25, 0.3) is 0 Å². The summed E-state index contributed by atoms with van der Waals surface area (Å²) in [6.45, 7) is 1.30. The van der Waals surface area contributed by atoms with Gasteiger partial charge in [-0.2, -0.15) is 0 Å². The van der Waals surface area contributed by atoms with Crippen molar-refractivity contribution in [2.24, 2.45) is 0 Å². The molecule has 0 fully saturated rings. The molecule has 0 spiro atoms. The first kappa shape index (κ1) is 16.4. The summed E-state index contributed by atoms with van der Waals surface area (Å²) in [7, 11) is -3.92. The van der Waals surface area contributed by atoms with Gasteiger partial charge in [-0.3, -0.25) is 9.52 Å². The van der Waals surface area contributed by atoms with Crippen molar-refractivity contribution in [3.05, 3.63) is 52.8 Å². The third-order valence-electron chi connectivity index (χ3n) is 2.65. The van der Waals surface area contributed by atoms with Crippen LogP contribution in [0, 0.1) is 5.82 Å². The smallest absolute Gasteiger partial charge is 0.261 e. The fourth-order valence-corrected chi connectivity index (χ4v) is 3.02. The molecule has 0 aliphatic carbocycles. The van der Waals surface area contributed by atoms with Crippen molar-refractivity contribution >= 4 is 43.2 Å². The zero-order chi connectivity index (χ0) is 16.3. The van der Waals surface area contributed by atoms with Crippen molar-refractivity contribution in [1.29, 1.82) is 0 Å². The third kappa shape index (κ3) is 4.05. The van der Waals surface area contributed by atoms with Gasteiger partial charge in [0.25, 0.3) is 10.0 Å². The second-order valence-corrected chi connectivity index (χ2v) is 7.03. The number of amides is 1. The minimum atomic E-state index is -3.92. The Morgan fingerprint density at radius 1 is 1.14 bits per heavy atom. The maximum absolute atomic E-state index is 13.8. The highest BCUT2D eigenvalue weighted by Gasteiger charge is 2.16. The van der Waals surface area contributed by atoms with Gasteiger partial charge in [0, 0.05) is 17.1 Å². The molecular formula is C14H12BrFN2O3S. The molecule has 0 aliphatic rings. The van der Waals surface area contributed by atoms with Crippen molar-refractivity contribution in [1.82, 2.24) is 0 Å². The Bertz CT molecular complexity index is 807. The molecule has 2 rings (SSSR count). The van der Waals surface area contributed by atoms with Crippen molar-refractivity contribution in [3.8, 4) is 0 Å². The quantitative estimate of drug-likeness (QED) is 0.845. The van der Waals surface area contributed by atoms with Crippen molar-refractivity contribution in [2.75, 3.05) is 10.0 Å². The lowest BCUT2D eigenvalue weighted by atomic mass is 10.2. The number of sulfonamides is 1. The highest BCUT2D eigenvalue weighted by Crippen LogP contribution is 2.23. The summed E-state index contributed by atoms with van der Waals surface area (Å²) in [5, 5.41) is 2.46. The lowest BCUT2D eigenvalue weighted by molar-refractivity contribution is -0.114. The third-order valence-corrected chi connectivity index (χ3v) is 4.57. The lowest BCUT2D eigenvalue weighted by Crippen LogP contribution is -2.14. The van der Waals surface area contributed by atoms with E-state index >= 15 is 0 Å². The number of hydrogen-bond donors (Lipinski definition) is 2. The van der Waals surface area contributed by atoms with E-state index in [1.165, 1.54) is 31.2 Å². The summed E-state index contributed by atoms with van der Waals surface area (Å²) in [5.74, 6) is -1.08. The molecule has 2 aromatic carbocycles. The molecule has 0 saturated carbocycles. The number of rotatable bonds is 4. The van der Waals surface area contributed by atoms with Gasteiger partial charge in [0.05, 0.1) is 10.6 Å². The minimum Gasteiger partial charge on any atom is -0.326 e. The maximum atomic E-state index is 13.8. The Morgan fingerprint density at radius 3 is 2.36 bits per heavy atom. The van der Waals surface area contributed by atoms with Gasteiger partial charge >= 0.3 is 0 Å². The monoisotopic (exact) mass is 386 g/mol. The fraction of sp³-hybridized carbons (Fsp3) is 0.0714. The Morgan fingerprint density at radius 2 is 1.77 bits per heavy atom. The largest absolute Gasteiger partial charge is 0.326 e. The standard InChI is InChI=1S/C14H12BrFN2O3S/c1-9(19)17-11-4-7-13(16)14(8-11)18-22(20,21)12-5-2-10(15)3-6-12/h2-8,18H,1H3,(H,17,19). The van der Waals surface area contributed by atoms with E-state index in [1.807, 2.05) is 0 Å². The second-order valence-electron chi connectivity index (χ2n) is 4.44. The molecule has 116 valence electrons. The predicted molar refractivity (Wildman–Crippen MR) is 85.7 cm³/mol. The zero-order valence-electron chi connectivity index (χ0n) is 11.4. The molecule has 1 amide bonds. The van der Waals surface area contributed by atoms with E-state index in [0.29, 0.717) is 5.69 Å². The molecule has 0 heterocycles. The number of hydrogen-bond acceptors (Lipinski definition) is 3. The summed E-state index contributed by atoms with van der Waals surface area (Å²) in [5.41, 5.74) is 0.0524. The van der Waals surface area contributed by atoms with Gasteiger partial charge in [-0.25, -0.2) is 12.8 Å². The molecule has 0 unspecified atom stereocenters. The molecule has 2 aromatic rings. The van der Waals surface area contributed by atoms with E-state index in [4.69, 9.17) is 0 Å².